The van der Waals surface area contributed by atoms with Crippen LogP contribution in [0.25, 0.3) is 0 Å². The van der Waals surface area contributed by atoms with E-state index in [0.717, 1.165) is 40.7 Å². The molecule has 0 spiro atoms. The van der Waals surface area contributed by atoms with Crippen LogP contribution in [0.3, 0.4) is 0 Å². The van der Waals surface area contributed by atoms with Gasteiger partial charge in [0, 0.05) is 33.1 Å². The van der Waals surface area contributed by atoms with Gasteiger partial charge in [-0.25, -0.2) is 10.0 Å². The third-order valence-electron chi connectivity index (χ3n) is 7.11. The van der Waals surface area contributed by atoms with Crippen molar-refractivity contribution in [3.8, 4) is 5.75 Å². The lowest BCUT2D eigenvalue weighted by atomic mass is 9.70. The van der Waals surface area contributed by atoms with Gasteiger partial charge in [0.05, 0.1) is 0 Å². The van der Waals surface area contributed by atoms with Crippen LogP contribution in [-0.2, 0) is 0 Å². The number of hydrazine groups is 1. The van der Waals surface area contributed by atoms with Gasteiger partial charge >= 0.3 is 5.54 Å². The van der Waals surface area contributed by atoms with Gasteiger partial charge < -0.3 is 4.74 Å². The van der Waals surface area contributed by atoms with Crippen molar-refractivity contribution in [2.45, 2.75) is 30.1 Å². The smallest absolute Gasteiger partial charge is 0.303 e. The molecule has 2 saturated heterocycles. The Bertz CT molecular complexity index is 1230. The minimum atomic E-state index is -1.45. The van der Waals surface area contributed by atoms with E-state index >= 15 is 0 Å². The first-order valence-corrected chi connectivity index (χ1v) is 12.1. The predicted octanol–water partition coefficient (Wildman–Crippen LogP) is 5.97. The summed E-state index contributed by atoms with van der Waals surface area (Å²) in [6, 6.07) is 21.9. The van der Waals surface area contributed by atoms with Gasteiger partial charge in [-0.3, -0.25) is 10.1 Å². The van der Waals surface area contributed by atoms with E-state index in [4.69, 9.17) is 16.3 Å². The monoisotopic (exact) mass is 525 g/mol. The summed E-state index contributed by atoms with van der Waals surface area (Å²) in [6.45, 7) is 1.52. The van der Waals surface area contributed by atoms with Gasteiger partial charge in [-0.1, -0.05) is 70.0 Å². The summed E-state index contributed by atoms with van der Waals surface area (Å²) >= 11 is 9.76. The molecule has 0 aliphatic carbocycles. The van der Waals surface area contributed by atoms with Crippen LogP contribution < -0.4 is 4.74 Å². The highest BCUT2D eigenvalue weighted by molar-refractivity contribution is 9.10. The van der Waals surface area contributed by atoms with Crippen molar-refractivity contribution in [3.63, 3.8) is 0 Å². The standard InChI is InChI=1S/C25H21BrClN3O3/c26-18-9-12-21-20(15-18)23-25(30(31)32,24(33-21)17-5-2-1-3-6-17)22(28-13-4-14-29(23)28)16-7-10-19(27)11-8-16/h1-3,5-12,15,22-24H,4,13-14H2/t22-,23-,24+,25+/m0/s1. The second kappa shape index (κ2) is 7.81. The topological polar surface area (TPSA) is 58.9 Å². The maximum absolute atomic E-state index is 13.4. The Morgan fingerprint density at radius 1 is 0.970 bits per heavy atom. The van der Waals surface area contributed by atoms with E-state index < -0.39 is 23.7 Å². The van der Waals surface area contributed by atoms with E-state index in [1.54, 1.807) is 0 Å². The van der Waals surface area contributed by atoms with E-state index in [9.17, 15) is 10.1 Å². The second-order valence-electron chi connectivity index (χ2n) is 8.77. The summed E-state index contributed by atoms with van der Waals surface area (Å²) in [5, 5.41) is 18.3. The number of halogens is 2. The highest BCUT2D eigenvalue weighted by Gasteiger charge is 2.75. The molecule has 0 bridgehead atoms. The Morgan fingerprint density at radius 2 is 1.67 bits per heavy atom. The number of hydrogen-bond acceptors (Lipinski definition) is 5. The molecule has 3 aromatic carbocycles. The van der Waals surface area contributed by atoms with E-state index in [-0.39, 0.29) is 4.92 Å². The zero-order chi connectivity index (χ0) is 22.7. The predicted molar refractivity (Wildman–Crippen MR) is 129 cm³/mol. The molecule has 6 rings (SSSR count). The molecule has 3 aliphatic heterocycles. The van der Waals surface area contributed by atoms with Crippen LogP contribution in [0, 0.1) is 10.1 Å². The fourth-order valence-electron chi connectivity index (χ4n) is 5.93. The molecule has 3 aromatic rings. The fourth-order valence-corrected chi connectivity index (χ4v) is 6.44. The van der Waals surface area contributed by atoms with E-state index in [0.29, 0.717) is 10.8 Å². The Balaban J connectivity index is 1.67. The molecular formula is C25H21BrClN3O3. The van der Waals surface area contributed by atoms with Gasteiger partial charge in [-0.2, -0.15) is 0 Å². The third kappa shape index (κ3) is 2.99. The van der Waals surface area contributed by atoms with Crippen LogP contribution in [0.5, 0.6) is 5.75 Å². The number of benzene rings is 3. The van der Waals surface area contributed by atoms with E-state index in [1.165, 1.54) is 0 Å². The molecule has 4 atom stereocenters. The minimum absolute atomic E-state index is 0.0865. The zero-order valence-electron chi connectivity index (χ0n) is 17.6. The molecular weight excluding hydrogens is 506 g/mol. The molecule has 3 aliphatic rings. The van der Waals surface area contributed by atoms with E-state index in [1.807, 2.05) is 72.8 Å². The molecule has 6 nitrogen and oxygen atoms in total. The Hall–Kier alpha value is -2.45. The summed E-state index contributed by atoms with van der Waals surface area (Å²) in [7, 11) is 0. The molecule has 168 valence electrons. The number of fused-ring (bicyclic) bond motifs is 5. The van der Waals surface area contributed by atoms with Crippen LogP contribution >= 0.6 is 27.5 Å². The summed E-state index contributed by atoms with van der Waals surface area (Å²) in [5.41, 5.74) is 1.06. The van der Waals surface area contributed by atoms with Crippen molar-refractivity contribution < 1.29 is 9.66 Å². The van der Waals surface area contributed by atoms with Gasteiger partial charge in [0.25, 0.3) is 0 Å². The van der Waals surface area contributed by atoms with Crippen LogP contribution in [0.1, 0.15) is 41.3 Å². The highest BCUT2D eigenvalue weighted by atomic mass is 79.9. The second-order valence-corrected chi connectivity index (χ2v) is 10.1. The lowest BCUT2D eigenvalue weighted by Gasteiger charge is -2.42. The van der Waals surface area contributed by atoms with Crippen LogP contribution in [0.15, 0.2) is 77.3 Å². The first-order chi connectivity index (χ1) is 16.0. The van der Waals surface area contributed by atoms with Crippen LogP contribution in [-0.4, -0.2) is 33.6 Å². The van der Waals surface area contributed by atoms with Crippen molar-refractivity contribution in [1.82, 2.24) is 10.0 Å². The SMILES string of the molecule is O=[N+]([O-])[C@@]12[C@@H](c3ccccc3)Oc3ccc(Br)cc3[C@@H]1N1CCCN1[C@H]2c1ccc(Cl)cc1. The number of hydrogen-bond donors (Lipinski definition) is 0. The first-order valence-electron chi connectivity index (χ1n) is 11.0. The summed E-state index contributed by atoms with van der Waals surface area (Å²) in [6.07, 6.45) is 0.188. The Labute approximate surface area is 205 Å². The van der Waals surface area contributed by atoms with Gasteiger partial charge in [-0.05, 0) is 47.9 Å². The molecule has 33 heavy (non-hydrogen) atoms. The van der Waals surface area contributed by atoms with Crippen molar-refractivity contribution in [2.75, 3.05) is 13.1 Å². The molecule has 0 unspecified atom stereocenters. The van der Waals surface area contributed by atoms with Crippen molar-refractivity contribution in [3.05, 3.63) is 109 Å². The van der Waals surface area contributed by atoms with Gasteiger partial charge in [0.2, 0.25) is 0 Å². The summed E-state index contributed by atoms with van der Waals surface area (Å²) < 4.78 is 7.43. The van der Waals surface area contributed by atoms with Crippen LogP contribution in [0.4, 0.5) is 0 Å². The van der Waals surface area contributed by atoms with Gasteiger partial charge in [0.1, 0.15) is 17.8 Å². The average Bonchev–Trinajstić information content (AvgIpc) is 3.39. The first kappa shape index (κ1) is 21.1. The maximum atomic E-state index is 13.4. The largest absolute Gasteiger partial charge is 0.478 e. The van der Waals surface area contributed by atoms with Gasteiger partial charge in [0.15, 0.2) is 6.10 Å². The quantitative estimate of drug-likeness (QED) is 0.311. The Morgan fingerprint density at radius 3 is 2.36 bits per heavy atom. The molecule has 0 radical (unpaired) electrons. The van der Waals surface area contributed by atoms with Crippen LogP contribution in [0.2, 0.25) is 5.02 Å². The lowest BCUT2D eigenvalue weighted by Crippen LogP contribution is -2.56. The summed E-state index contributed by atoms with van der Waals surface area (Å²) in [5.74, 6) is 0.693. The third-order valence-corrected chi connectivity index (χ3v) is 7.86. The zero-order valence-corrected chi connectivity index (χ0v) is 19.9. The number of nitrogens with zero attached hydrogens (tertiary/aromatic N) is 3. The molecule has 8 heteroatoms. The van der Waals surface area contributed by atoms with Crippen molar-refractivity contribution in [1.29, 1.82) is 0 Å². The van der Waals surface area contributed by atoms with Crippen molar-refractivity contribution >= 4 is 27.5 Å². The summed E-state index contributed by atoms with van der Waals surface area (Å²) in [4.78, 5) is 13.3. The fraction of sp³-hybridized carbons (Fsp3) is 0.280. The minimum Gasteiger partial charge on any atom is -0.478 e. The molecule has 0 amide bonds. The Kier molecular flexibility index (Phi) is 4.99. The number of ether oxygens (including phenoxy) is 1. The normalized spacial score (nSPS) is 28.6. The molecule has 3 heterocycles. The lowest BCUT2D eigenvalue weighted by molar-refractivity contribution is -0.594. The molecule has 0 aromatic heterocycles. The molecule has 2 fully saturated rings. The highest BCUT2D eigenvalue weighted by Crippen LogP contribution is 2.64. The number of rotatable bonds is 3. The molecule has 0 saturated carbocycles. The maximum Gasteiger partial charge on any atom is 0.303 e. The van der Waals surface area contributed by atoms with Crippen molar-refractivity contribution in [2.24, 2.45) is 0 Å². The number of nitro groups is 1. The molecule has 0 N–H and O–H groups in total. The van der Waals surface area contributed by atoms with E-state index in [2.05, 4.69) is 25.9 Å². The van der Waals surface area contributed by atoms with Gasteiger partial charge in [-0.15, -0.1) is 0 Å². The average molecular weight is 527 g/mol.